The van der Waals surface area contributed by atoms with Gasteiger partial charge in [-0.15, -0.1) is 0 Å². The summed E-state index contributed by atoms with van der Waals surface area (Å²) in [5, 5.41) is 18.2. The summed E-state index contributed by atoms with van der Waals surface area (Å²) >= 11 is 0. The van der Waals surface area contributed by atoms with Gasteiger partial charge in [0.25, 0.3) is 0 Å². The number of carbonyl (C=O) groups is 1. The van der Waals surface area contributed by atoms with E-state index >= 15 is 0 Å². The number of oxime groups is 1. The molecule has 1 aromatic heterocycles. The molecule has 0 bridgehead atoms. The standard InChI is InChI=1S/C10H15N5O2/c1-15-10(7(5-12-15)9(11)14-17)13-8(16)4-6-2-3-6/h5-6,17H,2-4H2,1H3,(H2,11,14)(H,13,16). The molecule has 0 spiro atoms. The summed E-state index contributed by atoms with van der Waals surface area (Å²) < 4.78 is 1.48. The summed E-state index contributed by atoms with van der Waals surface area (Å²) in [6.07, 6.45) is 4.19. The van der Waals surface area contributed by atoms with Gasteiger partial charge in [-0.2, -0.15) is 5.10 Å². The number of nitrogens with one attached hydrogen (secondary N) is 1. The highest BCUT2D eigenvalue weighted by molar-refractivity contribution is 6.04. The van der Waals surface area contributed by atoms with Crippen molar-refractivity contribution >= 4 is 17.6 Å². The molecule has 1 fully saturated rings. The van der Waals surface area contributed by atoms with E-state index in [1.807, 2.05) is 0 Å². The van der Waals surface area contributed by atoms with Crippen LogP contribution in [0, 0.1) is 5.92 Å². The number of amides is 1. The number of amidine groups is 1. The zero-order chi connectivity index (χ0) is 12.4. The number of carbonyl (C=O) groups excluding carboxylic acids is 1. The highest BCUT2D eigenvalue weighted by Gasteiger charge is 2.25. The predicted molar refractivity (Wildman–Crippen MR) is 61.7 cm³/mol. The third kappa shape index (κ3) is 2.55. The van der Waals surface area contributed by atoms with Crippen LogP contribution in [0.1, 0.15) is 24.8 Å². The van der Waals surface area contributed by atoms with Gasteiger partial charge in [-0.3, -0.25) is 9.48 Å². The minimum Gasteiger partial charge on any atom is -0.409 e. The smallest absolute Gasteiger partial charge is 0.225 e. The van der Waals surface area contributed by atoms with Crippen molar-refractivity contribution in [2.24, 2.45) is 23.9 Å². The lowest BCUT2D eigenvalue weighted by Crippen LogP contribution is -2.20. The summed E-state index contributed by atoms with van der Waals surface area (Å²) in [4.78, 5) is 11.7. The molecule has 1 aliphatic carbocycles. The molecule has 1 heterocycles. The molecule has 0 aromatic carbocycles. The Morgan fingerprint density at radius 3 is 3.06 bits per heavy atom. The molecule has 1 amide bonds. The lowest BCUT2D eigenvalue weighted by molar-refractivity contribution is -0.116. The molecule has 0 unspecified atom stereocenters. The van der Waals surface area contributed by atoms with E-state index in [1.165, 1.54) is 10.9 Å². The molecule has 2 rings (SSSR count). The summed E-state index contributed by atoms with van der Waals surface area (Å²) in [5.74, 6) is 0.824. The minimum absolute atomic E-state index is 0.0666. The maximum Gasteiger partial charge on any atom is 0.225 e. The van der Waals surface area contributed by atoms with Crippen LogP contribution in [0.4, 0.5) is 5.82 Å². The SMILES string of the molecule is Cn1ncc(/C(N)=N/O)c1NC(=O)CC1CC1. The van der Waals surface area contributed by atoms with Gasteiger partial charge in [0, 0.05) is 13.5 Å². The summed E-state index contributed by atoms with van der Waals surface area (Å²) in [6, 6.07) is 0. The van der Waals surface area contributed by atoms with Crippen molar-refractivity contribution in [3.63, 3.8) is 0 Å². The van der Waals surface area contributed by atoms with Crippen LogP contribution in [0.2, 0.25) is 0 Å². The van der Waals surface area contributed by atoms with Gasteiger partial charge in [0.1, 0.15) is 5.82 Å². The molecule has 7 nitrogen and oxygen atoms in total. The first kappa shape index (κ1) is 11.4. The van der Waals surface area contributed by atoms with Crippen LogP contribution < -0.4 is 11.1 Å². The van der Waals surface area contributed by atoms with Crippen LogP contribution in [0.15, 0.2) is 11.4 Å². The maximum atomic E-state index is 11.7. The highest BCUT2D eigenvalue weighted by Crippen LogP contribution is 2.32. The van der Waals surface area contributed by atoms with Crippen molar-refractivity contribution in [2.75, 3.05) is 5.32 Å². The second kappa shape index (κ2) is 4.44. The fourth-order valence-electron chi connectivity index (χ4n) is 1.59. The fraction of sp³-hybridized carbons (Fsp3) is 0.500. The quantitative estimate of drug-likeness (QED) is 0.302. The van der Waals surface area contributed by atoms with E-state index in [9.17, 15) is 4.79 Å². The van der Waals surface area contributed by atoms with E-state index in [-0.39, 0.29) is 11.7 Å². The Morgan fingerprint density at radius 2 is 2.47 bits per heavy atom. The van der Waals surface area contributed by atoms with E-state index in [0.717, 1.165) is 12.8 Å². The summed E-state index contributed by atoms with van der Waals surface area (Å²) in [6.45, 7) is 0. The average molecular weight is 237 g/mol. The van der Waals surface area contributed by atoms with Crippen molar-refractivity contribution in [3.05, 3.63) is 11.8 Å². The van der Waals surface area contributed by atoms with Gasteiger partial charge in [-0.1, -0.05) is 5.16 Å². The van der Waals surface area contributed by atoms with Crippen molar-refractivity contribution < 1.29 is 10.0 Å². The van der Waals surface area contributed by atoms with Crippen molar-refractivity contribution in [1.29, 1.82) is 0 Å². The normalized spacial score (nSPS) is 15.9. The molecule has 1 aliphatic rings. The van der Waals surface area contributed by atoms with Crippen LogP contribution in [0.5, 0.6) is 0 Å². The van der Waals surface area contributed by atoms with Gasteiger partial charge in [0.05, 0.1) is 11.8 Å². The van der Waals surface area contributed by atoms with Crippen molar-refractivity contribution in [2.45, 2.75) is 19.3 Å². The molecule has 0 aliphatic heterocycles. The first-order valence-electron chi connectivity index (χ1n) is 5.41. The van der Waals surface area contributed by atoms with E-state index in [2.05, 4.69) is 15.6 Å². The third-order valence-corrected chi connectivity index (χ3v) is 2.75. The predicted octanol–water partition coefficient (Wildman–Crippen LogP) is 0.253. The molecule has 7 heteroatoms. The largest absolute Gasteiger partial charge is 0.409 e. The molecule has 1 saturated carbocycles. The van der Waals surface area contributed by atoms with E-state index in [0.29, 0.717) is 23.7 Å². The average Bonchev–Trinajstić information content (AvgIpc) is 3.03. The van der Waals surface area contributed by atoms with Crippen LogP contribution in [0.25, 0.3) is 0 Å². The Morgan fingerprint density at radius 1 is 1.76 bits per heavy atom. The summed E-state index contributed by atoms with van der Waals surface area (Å²) in [5.41, 5.74) is 5.91. The first-order valence-corrected chi connectivity index (χ1v) is 5.41. The van der Waals surface area contributed by atoms with Crippen molar-refractivity contribution in [1.82, 2.24) is 9.78 Å². The first-order chi connectivity index (χ1) is 8.11. The highest BCUT2D eigenvalue weighted by atomic mass is 16.4. The molecular formula is C10H15N5O2. The van der Waals surface area contributed by atoms with E-state index < -0.39 is 0 Å². The Hall–Kier alpha value is -2.05. The Kier molecular flexibility index (Phi) is 2.99. The molecule has 92 valence electrons. The number of nitrogens with two attached hydrogens (primary N) is 1. The lowest BCUT2D eigenvalue weighted by Gasteiger charge is -2.07. The molecule has 0 radical (unpaired) electrons. The van der Waals surface area contributed by atoms with E-state index in [1.54, 1.807) is 7.05 Å². The number of nitrogens with zero attached hydrogens (tertiary/aromatic N) is 3. The van der Waals surface area contributed by atoms with Crippen LogP contribution in [0.3, 0.4) is 0 Å². The second-order valence-electron chi connectivity index (χ2n) is 4.21. The molecular weight excluding hydrogens is 222 g/mol. The van der Waals surface area contributed by atoms with Gasteiger partial charge in [-0.05, 0) is 18.8 Å². The zero-order valence-corrected chi connectivity index (χ0v) is 9.55. The molecule has 0 atom stereocenters. The third-order valence-electron chi connectivity index (χ3n) is 2.75. The number of rotatable bonds is 4. The molecule has 4 N–H and O–H groups in total. The summed E-state index contributed by atoms with van der Waals surface area (Å²) in [7, 11) is 1.68. The lowest BCUT2D eigenvalue weighted by atomic mass is 10.2. The van der Waals surface area contributed by atoms with Gasteiger partial charge in [-0.25, -0.2) is 0 Å². The van der Waals surface area contributed by atoms with E-state index in [4.69, 9.17) is 10.9 Å². The minimum atomic E-state index is -0.0696. The number of anilines is 1. The second-order valence-corrected chi connectivity index (χ2v) is 4.21. The van der Waals surface area contributed by atoms with Crippen LogP contribution in [-0.2, 0) is 11.8 Å². The van der Waals surface area contributed by atoms with Gasteiger partial charge in [0.2, 0.25) is 5.91 Å². The zero-order valence-electron chi connectivity index (χ0n) is 9.55. The van der Waals surface area contributed by atoms with Gasteiger partial charge in [0.15, 0.2) is 5.84 Å². The fourth-order valence-corrected chi connectivity index (χ4v) is 1.59. The number of hydrogen-bond acceptors (Lipinski definition) is 4. The number of aromatic nitrogens is 2. The maximum absolute atomic E-state index is 11.7. The number of hydrogen-bond donors (Lipinski definition) is 3. The Balaban J connectivity index is 2.12. The van der Waals surface area contributed by atoms with Gasteiger partial charge < -0.3 is 16.3 Å². The topological polar surface area (TPSA) is 106 Å². The van der Waals surface area contributed by atoms with Crippen molar-refractivity contribution in [3.8, 4) is 0 Å². The Labute approximate surface area is 98.3 Å². The molecule has 17 heavy (non-hydrogen) atoms. The van der Waals surface area contributed by atoms with Crippen LogP contribution >= 0.6 is 0 Å². The van der Waals surface area contributed by atoms with Gasteiger partial charge >= 0.3 is 0 Å². The molecule has 1 aromatic rings. The monoisotopic (exact) mass is 237 g/mol. The Bertz CT molecular complexity index is 461. The number of aryl methyl sites for hydroxylation is 1. The molecule has 0 saturated heterocycles. The van der Waals surface area contributed by atoms with Crippen LogP contribution in [-0.4, -0.2) is 26.7 Å².